The minimum absolute atomic E-state index is 0.0832. The molecule has 0 saturated carbocycles. The Morgan fingerprint density at radius 1 is 1.27 bits per heavy atom. The molecule has 210 valence electrons. The molecule has 5 amide bonds. The molecule has 1 aromatic heterocycles. The summed E-state index contributed by atoms with van der Waals surface area (Å²) >= 11 is 7.62. The summed E-state index contributed by atoms with van der Waals surface area (Å²) in [5.41, 5.74) is -0.119. The quantitative estimate of drug-likeness (QED) is 0.344. The number of amides is 5. The second-order valence-electron chi connectivity index (χ2n) is 9.70. The number of hydrogen-bond acceptors (Lipinski definition) is 7. The highest BCUT2D eigenvalue weighted by Crippen LogP contribution is 2.40. The fourth-order valence-electron chi connectivity index (χ4n) is 5.18. The number of thiazole rings is 1. The van der Waals surface area contributed by atoms with Crippen molar-refractivity contribution in [3.63, 3.8) is 0 Å². The maximum absolute atomic E-state index is 15.6. The molecule has 2 aliphatic heterocycles. The Labute approximate surface area is 238 Å². The summed E-state index contributed by atoms with van der Waals surface area (Å²) in [4.78, 5) is 55.9. The molecule has 2 aliphatic rings. The van der Waals surface area contributed by atoms with Gasteiger partial charge in [0.15, 0.2) is 5.82 Å². The lowest BCUT2D eigenvalue weighted by Crippen LogP contribution is -2.52. The normalized spacial score (nSPS) is 17.2. The Hall–Kier alpha value is -3.77. The van der Waals surface area contributed by atoms with Gasteiger partial charge in [-0.15, -0.1) is 11.3 Å². The van der Waals surface area contributed by atoms with E-state index in [0.29, 0.717) is 34.1 Å². The number of rotatable bonds is 7. The van der Waals surface area contributed by atoms with Crippen LogP contribution in [-0.2, 0) is 21.7 Å². The van der Waals surface area contributed by atoms with Crippen molar-refractivity contribution >= 4 is 62.6 Å². The monoisotopic (exact) mass is 587 g/mol. The van der Waals surface area contributed by atoms with Crippen molar-refractivity contribution < 1.29 is 28.3 Å². The topological polar surface area (TPSA) is 130 Å². The van der Waals surface area contributed by atoms with Gasteiger partial charge in [0.25, 0.3) is 5.91 Å². The number of aromatic nitrogens is 1. The Bertz CT molecular complexity index is 1560. The number of nitrogens with one attached hydrogen (secondary N) is 3. The number of piperidine rings is 1. The summed E-state index contributed by atoms with van der Waals surface area (Å²) in [5.74, 6) is -1.72. The van der Waals surface area contributed by atoms with E-state index < -0.39 is 41.2 Å². The number of carbonyl (C=O) groups is 4. The number of imide groups is 1. The predicted octanol–water partition coefficient (Wildman–Crippen LogP) is 4.70. The average molecular weight is 588 g/mol. The average Bonchev–Trinajstić information content (AvgIpc) is 3.50. The van der Waals surface area contributed by atoms with E-state index in [1.807, 2.05) is 13.8 Å². The van der Waals surface area contributed by atoms with E-state index >= 15 is 4.39 Å². The maximum Gasteiger partial charge on any atom is 0.320 e. The van der Waals surface area contributed by atoms with Gasteiger partial charge in [-0.05, 0) is 37.5 Å². The van der Waals surface area contributed by atoms with E-state index in [1.54, 1.807) is 12.1 Å². The van der Waals surface area contributed by atoms with Crippen LogP contribution in [0.4, 0.5) is 14.9 Å². The van der Waals surface area contributed by atoms with E-state index in [9.17, 15) is 19.2 Å². The lowest BCUT2D eigenvalue weighted by Gasteiger charge is -2.31. The zero-order chi connectivity index (χ0) is 28.8. The third kappa shape index (κ3) is 4.75. The standard InChI is InChI=1S/C27H27ClFN5O5S/c1-4-27(5-2,25-32-22-18(39-3)10-13(28)11-19(22)40-25)33-26(38)30-16-7-6-14-15(21(16)29)12-34(24(14)37)17-8-9-20(35)31-23(17)36/h6-7,10-11,17H,4-5,8-9,12H2,1-3H3,(H2,30,33,38)(H,31,35,36). The van der Waals surface area contributed by atoms with Crippen molar-refractivity contribution in [3.8, 4) is 5.75 Å². The van der Waals surface area contributed by atoms with Gasteiger partial charge in [-0.25, -0.2) is 14.2 Å². The Morgan fingerprint density at radius 2 is 2.02 bits per heavy atom. The van der Waals surface area contributed by atoms with Crippen molar-refractivity contribution in [1.29, 1.82) is 0 Å². The van der Waals surface area contributed by atoms with Crippen LogP contribution in [0.25, 0.3) is 10.2 Å². The number of benzene rings is 2. The summed E-state index contributed by atoms with van der Waals surface area (Å²) in [6.45, 7) is 3.70. The zero-order valence-electron chi connectivity index (χ0n) is 22.0. The molecule has 2 aromatic carbocycles. The molecule has 13 heteroatoms. The molecular weight excluding hydrogens is 561 g/mol. The van der Waals surface area contributed by atoms with Crippen LogP contribution in [0.5, 0.6) is 5.75 Å². The Balaban J connectivity index is 1.37. The summed E-state index contributed by atoms with van der Waals surface area (Å²) < 4.78 is 21.8. The molecule has 0 bridgehead atoms. The molecule has 3 heterocycles. The van der Waals surface area contributed by atoms with Gasteiger partial charge in [-0.1, -0.05) is 25.4 Å². The van der Waals surface area contributed by atoms with Gasteiger partial charge in [0.2, 0.25) is 11.8 Å². The van der Waals surface area contributed by atoms with Gasteiger partial charge in [-0.3, -0.25) is 19.7 Å². The summed E-state index contributed by atoms with van der Waals surface area (Å²) in [5, 5.41) is 8.93. The number of urea groups is 1. The number of hydrogen-bond donors (Lipinski definition) is 3. The Morgan fingerprint density at radius 3 is 2.70 bits per heavy atom. The molecule has 1 atom stereocenters. The highest BCUT2D eigenvalue weighted by Gasteiger charge is 2.41. The fourth-order valence-corrected chi connectivity index (χ4v) is 6.76. The first-order chi connectivity index (χ1) is 19.1. The molecular formula is C27H27ClFN5O5S. The van der Waals surface area contributed by atoms with Crippen molar-refractivity contribution in [1.82, 2.24) is 20.5 Å². The van der Waals surface area contributed by atoms with Gasteiger partial charge in [0.1, 0.15) is 22.3 Å². The van der Waals surface area contributed by atoms with Crippen LogP contribution in [-0.4, -0.2) is 46.8 Å². The van der Waals surface area contributed by atoms with E-state index in [4.69, 9.17) is 21.3 Å². The van der Waals surface area contributed by atoms with Crippen molar-refractivity contribution in [2.24, 2.45) is 0 Å². The molecule has 0 radical (unpaired) electrons. The SMILES string of the molecule is CCC(CC)(NC(=O)Nc1ccc2c(c1F)CN(C1CCC(=O)NC1=O)C2=O)c1nc2c(OC)cc(Cl)cc2s1. The van der Waals surface area contributed by atoms with Crippen LogP contribution in [0.2, 0.25) is 5.02 Å². The lowest BCUT2D eigenvalue weighted by molar-refractivity contribution is -0.136. The first-order valence-electron chi connectivity index (χ1n) is 12.8. The van der Waals surface area contributed by atoms with Crippen LogP contribution in [0.3, 0.4) is 0 Å². The molecule has 0 aliphatic carbocycles. The second-order valence-corrected chi connectivity index (χ2v) is 11.2. The third-order valence-corrected chi connectivity index (χ3v) is 8.94. The van der Waals surface area contributed by atoms with Gasteiger partial charge >= 0.3 is 6.03 Å². The van der Waals surface area contributed by atoms with Crippen LogP contribution in [0, 0.1) is 5.82 Å². The Kier molecular flexibility index (Phi) is 7.40. The van der Waals surface area contributed by atoms with Gasteiger partial charge in [0.05, 0.1) is 29.6 Å². The first-order valence-corrected chi connectivity index (χ1v) is 14.0. The molecule has 1 saturated heterocycles. The summed E-state index contributed by atoms with van der Waals surface area (Å²) in [6.07, 6.45) is 1.28. The zero-order valence-corrected chi connectivity index (χ0v) is 23.6. The summed E-state index contributed by atoms with van der Waals surface area (Å²) in [7, 11) is 1.53. The number of halogens is 2. The van der Waals surface area contributed by atoms with Gasteiger partial charge in [0, 0.05) is 28.6 Å². The minimum Gasteiger partial charge on any atom is -0.494 e. The smallest absolute Gasteiger partial charge is 0.320 e. The van der Waals surface area contributed by atoms with Crippen molar-refractivity contribution in [2.75, 3.05) is 12.4 Å². The largest absolute Gasteiger partial charge is 0.494 e. The fraction of sp³-hybridized carbons (Fsp3) is 0.370. The predicted molar refractivity (Wildman–Crippen MR) is 148 cm³/mol. The van der Waals surface area contributed by atoms with E-state index in [2.05, 4.69) is 16.0 Å². The number of fused-ring (bicyclic) bond motifs is 2. The second kappa shape index (κ2) is 10.7. The third-order valence-electron chi connectivity index (χ3n) is 7.51. The number of methoxy groups -OCH3 is 1. The van der Waals surface area contributed by atoms with Crippen LogP contribution >= 0.6 is 22.9 Å². The van der Waals surface area contributed by atoms with E-state index in [-0.39, 0.29) is 36.2 Å². The molecule has 0 spiro atoms. The van der Waals surface area contributed by atoms with Gasteiger partial charge in [-0.2, -0.15) is 0 Å². The van der Waals surface area contributed by atoms with Crippen molar-refractivity contribution in [2.45, 2.75) is 57.7 Å². The number of carbonyl (C=O) groups excluding carboxylic acids is 4. The number of ether oxygens (including phenoxy) is 1. The number of anilines is 1. The molecule has 1 unspecified atom stereocenters. The molecule has 1 fully saturated rings. The molecule has 40 heavy (non-hydrogen) atoms. The maximum atomic E-state index is 15.6. The molecule has 10 nitrogen and oxygen atoms in total. The molecule has 3 aromatic rings. The van der Waals surface area contributed by atoms with Gasteiger partial charge < -0.3 is 20.3 Å². The van der Waals surface area contributed by atoms with Crippen LogP contribution < -0.4 is 20.7 Å². The van der Waals surface area contributed by atoms with Crippen LogP contribution in [0.1, 0.15) is 60.5 Å². The highest BCUT2D eigenvalue weighted by molar-refractivity contribution is 7.18. The minimum atomic E-state index is -0.867. The number of nitrogens with zero attached hydrogens (tertiary/aromatic N) is 2. The molecule has 5 rings (SSSR count). The lowest BCUT2D eigenvalue weighted by atomic mass is 9.93. The van der Waals surface area contributed by atoms with Crippen molar-refractivity contribution in [3.05, 3.63) is 51.2 Å². The summed E-state index contributed by atoms with van der Waals surface area (Å²) in [6, 6.07) is 4.71. The first kappa shape index (κ1) is 27.8. The van der Waals surface area contributed by atoms with Crippen LogP contribution in [0.15, 0.2) is 24.3 Å². The van der Waals surface area contributed by atoms with E-state index in [1.165, 1.54) is 35.5 Å². The molecule has 3 N–H and O–H groups in total. The highest BCUT2D eigenvalue weighted by atomic mass is 35.5. The van der Waals surface area contributed by atoms with E-state index in [0.717, 1.165) is 4.70 Å².